The van der Waals surface area contributed by atoms with Gasteiger partial charge in [0.1, 0.15) is 11.6 Å². The maximum absolute atomic E-state index is 12.0. The molecule has 0 spiro atoms. The molecule has 0 radical (unpaired) electrons. The molecule has 2 aromatic heterocycles. The molecule has 1 aliphatic heterocycles. The van der Waals surface area contributed by atoms with Crippen LogP contribution >= 0.6 is 22.6 Å². The number of halogens is 1. The van der Waals surface area contributed by atoms with Crippen LogP contribution in [0.1, 0.15) is 30.6 Å². The number of piperidine rings is 1. The highest BCUT2D eigenvalue weighted by molar-refractivity contribution is 14.1. The molecule has 0 saturated carbocycles. The van der Waals surface area contributed by atoms with Gasteiger partial charge in [0.2, 0.25) is 5.91 Å². The van der Waals surface area contributed by atoms with Crippen LogP contribution in [0.15, 0.2) is 41.0 Å². The third-order valence-electron chi connectivity index (χ3n) is 3.97. The molecule has 1 fully saturated rings. The van der Waals surface area contributed by atoms with Gasteiger partial charge in [0.25, 0.3) is 0 Å². The van der Waals surface area contributed by atoms with Crippen molar-refractivity contribution in [3.63, 3.8) is 0 Å². The van der Waals surface area contributed by atoms with E-state index in [1.165, 1.54) is 25.3 Å². The van der Waals surface area contributed by atoms with Crippen LogP contribution in [0.4, 0.5) is 5.82 Å². The number of furan rings is 1. The van der Waals surface area contributed by atoms with Crippen molar-refractivity contribution in [2.75, 3.05) is 18.0 Å². The van der Waals surface area contributed by atoms with Crippen molar-refractivity contribution in [1.29, 1.82) is 0 Å². The van der Waals surface area contributed by atoms with E-state index < -0.39 is 0 Å². The fourth-order valence-electron chi connectivity index (χ4n) is 2.78. The van der Waals surface area contributed by atoms with E-state index in [1.807, 2.05) is 30.5 Å². The molecule has 3 heterocycles. The van der Waals surface area contributed by atoms with Gasteiger partial charge in [0.05, 0.1) is 0 Å². The van der Waals surface area contributed by atoms with Gasteiger partial charge in [0.15, 0.2) is 3.77 Å². The van der Waals surface area contributed by atoms with Crippen LogP contribution in [0.5, 0.6) is 0 Å². The minimum absolute atomic E-state index is 0.144. The van der Waals surface area contributed by atoms with Gasteiger partial charge < -0.3 is 14.6 Å². The van der Waals surface area contributed by atoms with Gasteiger partial charge >= 0.3 is 0 Å². The highest BCUT2D eigenvalue weighted by atomic mass is 127. The first kappa shape index (κ1) is 17.0. The number of hydrogen-bond donors (Lipinski definition) is 1. The van der Waals surface area contributed by atoms with Gasteiger partial charge in [-0.2, -0.15) is 0 Å². The van der Waals surface area contributed by atoms with Crippen molar-refractivity contribution in [3.8, 4) is 0 Å². The molecule has 1 N–H and O–H groups in total. The van der Waals surface area contributed by atoms with Crippen LogP contribution in [-0.4, -0.2) is 24.0 Å². The molecule has 1 amide bonds. The highest BCUT2D eigenvalue weighted by Gasteiger charge is 2.15. The molecule has 0 atom stereocenters. The van der Waals surface area contributed by atoms with Crippen LogP contribution in [0, 0.1) is 3.77 Å². The molecular weight excluding hydrogens is 417 g/mol. The summed E-state index contributed by atoms with van der Waals surface area (Å²) < 4.78 is 6.20. The first-order valence-electron chi connectivity index (χ1n) is 8.12. The fraction of sp³-hybridized carbons (Fsp3) is 0.333. The highest BCUT2D eigenvalue weighted by Crippen LogP contribution is 2.21. The summed E-state index contributed by atoms with van der Waals surface area (Å²) in [6, 6.07) is 7.63. The van der Waals surface area contributed by atoms with Crippen molar-refractivity contribution in [1.82, 2.24) is 10.3 Å². The summed E-state index contributed by atoms with van der Waals surface area (Å²) in [5, 5.41) is 2.92. The molecule has 1 saturated heterocycles. The van der Waals surface area contributed by atoms with Crippen LogP contribution in [0.25, 0.3) is 6.08 Å². The molecule has 0 unspecified atom stereocenters. The van der Waals surface area contributed by atoms with Gasteiger partial charge in [-0.3, -0.25) is 4.79 Å². The Kier molecular flexibility index (Phi) is 5.90. The molecule has 6 heteroatoms. The Balaban J connectivity index is 1.60. The number of nitrogens with one attached hydrogen (secondary N) is 1. The van der Waals surface area contributed by atoms with Crippen LogP contribution in [0.3, 0.4) is 0 Å². The zero-order chi connectivity index (χ0) is 16.8. The largest absolute Gasteiger partial charge is 0.451 e. The number of hydrogen-bond acceptors (Lipinski definition) is 4. The first-order chi connectivity index (χ1) is 11.7. The lowest BCUT2D eigenvalue weighted by atomic mass is 10.1. The van der Waals surface area contributed by atoms with Gasteiger partial charge in [0, 0.05) is 37.5 Å². The lowest BCUT2D eigenvalue weighted by molar-refractivity contribution is -0.116. The third kappa shape index (κ3) is 4.59. The van der Waals surface area contributed by atoms with Crippen molar-refractivity contribution < 1.29 is 9.21 Å². The summed E-state index contributed by atoms with van der Waals surface area (Å²) in [5.74, 6) is 1.52. The zero-order valence-corrected chi connectivity index (χ0v) is 15.5. The van der Waals surface area contributed by atoms with Gasteiger partial charge in [-0.25, -0.2) is 4.98 Å². The number of carbonyl (C=O) groups is 1. The van der Waals surface area contributed by atoms with Crippen molar-refractivity contribution in [2.24, 2.45) is 0 Å². The summed E-state index contributed by atoms with van der Waals surface area (Å²) in [5.41, 5.74) is 1.05. The van der Waals surface area contributed by atoms with E-state index in [-0.39, 0.29) is 5.91 Å². The Morgan fingerprint density at radius 1 is 1.29 bits per heavy atom. The number of nitrogens with zero attached hydrogens (tertiary/aromatic N) is 2. The minimum atomic E-state index is -0.144. The number of carbonyl (C=O) groups excluding carboxylic acids is 1. The van der Waals surface area contributed by atoms with Crippen LogP contribution in [0.2, 0.25) is 0 Å². The maximum atomic E-state index is 12.0. The number of pyridine rings is 1. The smallest absolute Gasteiger partial charge is 0.244 e. The normalized spacial score (nSPS) is 15.0. The Morgan fingerprint density at radius 3 is 2.88 bits per heavy atom. The van der Waals surface area contributed by atoms with E-state index in [0.717, 1.165) is 28.2 Å². The molecule has 3 rings (SSSR count). The summed E-state index contributed by atoms with van der Waals surface area (Å²) in [6.45, 7) is 2.54. The Labute approximate surface area is 155 Å². The maximum Gasteiger partial charge on any atom is 0.244 e. The molecular formula is C18H20IN3O2. The molecule has 1 aliphatic rings. The zero-order valence-electron chi connectivity index (χ0n) is 13.4. The van der Waals surface area contributed by atoms with Crippen molar-refractivity contribution in [3.05, 3.63) is 51.6 Å². The molecule has 2 aromatic rings. The lowest BCUT2D eigenvalue weighted by Gasteiger charge is -2.29. The Morgan fingerprint density at radius 2 is 2.12 bits per heavy atom. The Hall–Kier alpha value is -1.83. The van der Waals surface area contributed by atoms with Gasteiger partial charge in [-0.1, -0.05) is 6.07 Å². The topological polar surface area (TPSA) is 58.4 Å². The van der Waals surface area contributed by atoms with Crippen molar-refractivity contribution >= 4 is 40.4 Å². The van der Waals surface area contributed by atoms with E-state index in [0.29, 0.717) is 12.3 Å². The third-order valence-corrected chi connectivity index (χ3v) is 4.55. The standard InChI is InChI=1S/C18H20IN3O2/c19-16-8-6-15(24-16)7-9-17(23)21-13-14-5-4-10-20-18(14)22-11-2-1-3-12-22/h4-10H,1-3,11-13H2,(H,21,23)/b9-7-. The number of aromatic nitrogens is 1. The molecule has 126 valence electrons. The van der Waals surface area contributed by atoms with Crippen molar-refractivity contribution in [2.45, 2.75) is 25.8 Å². The fourth-order valence-corrected chi connectivity index (χ4v) is 3.21. The van der Waals surface area contributed by atoms with Gasteiger partial charge in [-0.15, -0.1) is 0 Å². The molecule has 5 nitrogen and oxygen atoms in total. The predicted octanol–water partition coefficient (Wildman–Crippen LogP) is 3.60. The minimum Gasteiger partial charge on any atom is -0.451 e. The summed E-state index contributed by atoms with van der Waals surface area (Å²) >= 11 is 2.09. The second kappa shape index (κ2) is 8.32. The number of anilines is 1. The van der Waals surface area contributed by atoms with E-state index >= 15 is 0 Å². The van der Waals surface area contributed by atoms with E-state index in [2.05, 4.69) is 37.8 Å². The van der Waals surface area contributed by atoms with E-state index in [4.69, 9.17) is 4.42 Å². The van der Waals surface area contributed by atoms with Gasteiger partial charge in [-0.05, 0) is 66.1 Å². The molecule has 0 bridgehead atoms. The number of amides is 1. The molecule has 0 aliphatic carbocycles. The van der Waals surface area contributed by atoms with E-state index in [1.54, 1.807) is 6.08 Å². The lowest BCUT2D eigenvalue weighted by Crippen LogP contribution is -2.32. The quantitative estimate of drug-likeness (QED) is 0.574. The Bertz CT molecular complexity index is 721. The molecule has 24 heavy (non-hydrogen) atoms. The van der Waals surface area contributed by atoms with E-state index in [9.17, 15) is 4.79 Å². The second-order valence-electron chi connectivity index (χ2n) is 5.73. The monoisotopic (exact) mass is 437 g/mol. The first-order valence-corrected chi connectivity index (χ1v) is 9.20. The summed E-state index contributed by atoms with van der Waals surface area (Å²) in [4.78, 5) is 18.8. The van der Waals surface area contributed by atoms with Crippen LogP contribution < -0.4 is 10.2 Å². The summed E-state index contributed by atoms with van der Waals surface area (Å²) in [6.07, 6.45) is 8.66. The average molecular weight is 437 g/mol. The van der Waals surface area contributed by atoms with Crippen LogP contribution in [-0.2, 0) is 11.3 Å². The predicted molar refractivity (Wildman–Crippen MR) is 103 cm³/mol. The summed E-state index contributed by atoms with van der Waals surface area (Å²) in [7, 11) is 0. The SMILES string of the molecule is O=C(/C=C\c1ccc(I)o1)NCc1cccnc1N1CCCCC1. The molecule has 0 aromatic carbocycles. The second-order valence-corrected chi connectivity index (χ2v) is 6.79. The number of rotatable bonds is 5. The average Bonchev–Trinajstić information content (AvgIpc) is 3.04.